The van der Waals surface area contributed by atoms with Crippen molar-refractivity contribution in [2.24, 2.45) is 11.3 Å². The molecule has 1 aliphatic carbocycles. The third-order valence-corrected chi connectivity index (χ3v) is 4.47. The molecule has 2 aliphatic rings. The highest BCUT2D eigenvalue weighted by Crippen LogP contribution is 2.60. The molecular formula is C15H27NO3. The van der Waals surface area contributed by atoms with Crippen molar-refractivity contribution < 1.29 is 14.6 Å². The minimum atomic E-state index is -0.417. The third-order valence-electron chi connectivity index (χ3n) is 4.47. The number of likely N-dealkylation sites (tertiary alicyclic amines) is 1. The van der Waals surface area contributed by atoms with Crippen molar-refractivity contribution in [1.82, 2.24) is 4.90 Å². The Labute approximate surface area is 116 Å². The third kappa shape index (κ3) is 3.62. The number of carbonyl (C=O) groups excluding carboxylic acids is 1. The van der Waals surface area contributed by atoms with E-state index in [1.54, 1.807) is 0 Å². The van der Waals surface area contributed by atoms with E-state index in [2.05, 4.69) is 0 Å². The molecule has 1 aliphatic heterocycles. The highest BCUT2D eigenvalue weighted by atomic mass is 16.6. The van der Waals surface area contributed by atoms with E-state index in [4.69, 9.17) is 9.84 Å². The number of aliphatic hydroxyl groups is 1. The molecule has 1 amide bonds. The van der Waals surface area contributed by atoms with Crippen LogP contribution in [0.1, 0.15) is 52.9 Å². The van der Waals surface area contributed by atoms with Crippen LogP contribution < -0.4 is 0 Å². The monoisotopic (exact) mass is 269 g/mol. The quantitative estimate of drug-likeness (QED) is 0.838. The minimum Gasteiger partial charge on any atom is -0.444 e. The van der Waals surface area contributed by atoms with Crippen molar-refractivity contribution in [1.29, 1.82) is 0 Å². The molecule has 0 bridgehead atoms. The van der Waals surface area contributed by atoms with Crippen LogP contribution in [0.4, 0.5) is 4.79 Å². The molecule has 0 aromatic rings. The highest BCUT2D eigenvalue weighted by molar-refractivity contribution is 5.68. The molecule has 1 saturated carbocycles. The van der Waals surface area contributed by atoms with Crippen LogP contribution in [0, 0.1) is 11.3 Å². The van der Waals surface area contributed by atoms with E-state index in [9.17, 15) is 4.79 Å². The van der Waals surface area contributed by atoms with E-state index >= 15 is 0 Å². The normalized spacial score (nSPS) is 31.2. The molecule has 0 aromatic carbocycles. The van der Waals surface area contributed by atoms with E-state index in [1.807, 2.05) is 25.7 Å². The first kappa shape index (κ1) is 14.6. The fourth-order valence-corrected chi connectivity index (χ4v) is 3.33. The van der Waals surface area contributed by atoms with E-state index in [0.29, 0.717) is 17.9 Å². The van der Waals surface area contributed by atoms with Gasteiger partial charge in [-0.1, -0.05) is 0 Å². The second-order valence-corrected chi connectivity index (χ2v) is 7.10. The summed E-state index contributed by atoms with van der Waals surface area (Å²) in [4.78, 5) is 13.9. The van der Waals surface area contributed by atoms with E-state index in [-0.39, 0.29) is 6.09 Å². The Morgan fingerprint density at radius 2 is 2.11 bits per heavy atom. The molecule has 2 atom stereocenters. The topological polar surface area (TPSA) is 49.8 Å². The summed E-state index contributed by atoms with van der Waals surface area (Å²) in [5.74, 6) is 0.677. The lowest BCUT2D eigenvalue weighted by atomic mass is 9.93. The zero-order valence-electron chi connectivity index (χ0n) is 12.4. The smallest absolute Gasteiger partial charge is 0.410 e. The van der Waals surface area contributed by atoms with Crippen LogP contribution in [-0.2, 0) is 4.74 Å². The molecule has 4 nitrogen and oxygen atoms in total. The van der Waals surface area contributed by atoms with Gasteiger partial charge in [0, 0.05) is 19.7 Å². The van der Waals surface area contributed by atoms with Gasteiger partial charge in [-0.2, -0.15) is 0 Å². The number of hydrogen-bond acceptors (Lipinski definition) is 3. The van der Waals surface area contributed by atoms with E-state index < -0.39 is 5.60 Å². The standard InChI is InChI=1S/C15H27NO3/c1-14(2,3)19-13(18)16-8-4-6-15(7-9-16)11-12(15)5-10-17/h12,17H,4-11H2,1-3H3. The Balaban J connectivity index is 1.86. The number of amides is 1. The second kappa shape index (κ2) is 5.31. The van der Waals surface area contributed by atoms with Crippen LogP contribution in [0.3, 0.4) is 0 Å². The highest BCUT2D eigenvalue weighted by Gasteiger charge is 2.53. The second-order valence-electron chi connectivity index (χ2n) is 7.10. The summed E-state index contributed by atoms with van der Waals surface area (Å²) < 4.78 is 5.44. The molecule has 1 spiro atoms. The Morgan fingerprint density at radius 1 is 1.37 bits per heavy atom. The molecule has 0 aromatic heterocycles. The number of rotatable bonds is 2. The van der Waals surface area contributed by atoms with Crippen LogP contribution in [0.25, 0.3) is 0 Å². The van der Waals surface area contributed by atoms with Gasteiger partial charge in [-0.05, 0) is 64.2 Å². The molecule has 2 unspecified atom stereocenters. The molecule has 4 heteroatoms. The molecule has 1 saturated heterocycles. The average Bonchev–Trinajstić information content (AvgIpc) is 3.00. The van der Waals surface area contributed by atoms with Crippen LogP contribution in [0.2, 0.25) is 0 Å². The summed E-state index contributed by atoms with van der Waals surface area (Å²) >= 11 is 0. The van der Waals surface area contributed by atoms with Crippen LogP contribution in [0.5, 0.6) is 0 Å². The molecule has 1 N–H and O–H groups in total. The first-order chi connectivity index (χ1) is 8.86. The zero-order valence-corrected chi connectivity index (χ0v) is 12.4. The number of ether oxygens (including phenoxy) is 1. The largest absolute Gasteiger partial charge is 0.444 e. The predicted octanol–water partition coefficient (Wildman–Crippen LogP) is 2.80. The summed E-state index contributed by atoms with van der Waals surface area (Å²) in [6.45, 7) is 7.62. The number of aliphatic hydroxyl groups excluding tert-OH is 1. The predicted molar refractivity (Wildman–Crippen MR) is 73.9 cm³/mol. The summed E-state index contributed by atoms with van der Waals surface area (Å²) in [7, 11) is 0. The van der Waals surface area contributed by atoms with Gasteiger partial charge in [0.25, 0.3) is 0 Å². The number of carbonyl (C=O) groups is 1. The summed E-state index contributed by atoms with van der Waals surface area (Å²) in [6.07, 6.45) is 5.29. The van der Waals surface area contributed by atoms with Crippen molar-refractivity contribution in [3.05, 3.63) is 0 Å². The maximum Gasteiger partial charge on any atom is 0.410 e. The molecule has 2 fully saturated rings. The fourth-order valence-electron chi connectivity index (χ4n) is 3.33. The van der Waals surface area contributed by atoms with Gasteiger partial charge in [0.2, 0.25) is 0 Å². The minimum absolute atomic E-state index is 0.177. The molecule has 19 heavy (non-hydrogen) atoms. The maximum atomic E-state index is 12.1. The summed E-state index contributed by atoms with van der Waals surface area (Å²) in [5.41, 5.74) is -0.000425. The lowest BCUT2D eigenvalue weighted by Gasteiger charge is -2.26. The van der Waals surface area contributed by atoms with Gasteiger partial charge in [-0.3, -0.25) is 0 Å². The Kier molecular flexibility index (Phi) is 4.09. The van der Waals surface area contributed by atoms with Crippen molar-refractivity contribution in [3.8, 4) is 0 Å². The van der Waals surface area contributed by atoms with E-state index in [1.165, 1.54) is 12.8 Å². The van der Waals surface area contributed by atoms with Gasteiger partial charge in [-0.25, -0.2) is 4.79 Å². The molecular weight excluding hydrogens is 242 g/mol. The molecule has 1 heterocycles. The number of hydrogen-bond donors (Lipinski definition) is 1. The van der Waals surface area contributed by atoms with E-state index in [0.717, 1.165) is 32.4 Å². The summed E-state index contributed by atoms with van der Waals surface area (Å²) in [5, 5.41) is 9.04. The zero-order chi connectivity index (χ0) is 14.1. The van der Waals surface area contributed by atoms with Crippen LogP contribution >= 0.6 is 0 Å². The van der Waals surface area contributed by atoms with Gasteiger partial charge in [0.1, 0.15) is 5.60 Å². The lowest BCUT2D eigenvalue weighted by molar-refractivity contribution is 0.0254. The van der Waals surface area contributed by atoms with Crippen molar-refractivity contribution in [2.75, 3.05) is 19.7 Å². The van der Waals surface area contributed by atoms with Gasteiger partial charge >= 0.3 is 6.09 Å². The maximum absolute atomic E-state index is 12.1. The Morgan fingerprint density at radius 3 is 2.74 bits per heavy atom. The van der Waals surface area contributed by atoms with Gasteiger partial charge in [-0.15, -0.1) is 0 Å². The average molecular weight is 269 g/mol. The van der Waals surface area contributed by atoms with Crippen LogP contribution in [0.15, 0.2) is 0 Å². The molecule has 0 radical (unpaired) electrons. The molecule has 110 valence electrons. The lowest BCUT2D eigenvalue weighted by Crippen LogP contribution is -2.37. The van der Waals surface area contributed by atoms with Crippen LogP contribution in [-0.4, -0.2) is 41.4 Å². The molecule has 2 rings (SSSR count). The van der Waals surface area contributed by atoms with Gasteiger partial charge in [0.15, 0.2) is 0 Å². The van der Waals surface area contributed by atoms with Gasteiger partial charge < -0.3 is 14.7 Å². The Hall–Kier alpha value is -0.770. The van der Waals surface area contributed by atoms with Crippen molar-refractivity contribution >= 4 is 6.09 Å². The number of nitrogens with zero attached hydrogens (tertiary/aromatic N) is 1. The first-order valence-electron chi connectivity index (χ1n) is 7.45. The summed E-state index contributed by atoms with van der Waals surface area (Å²) in [6, 6.07) is 0. The fraction of sp³-hybridized carbons (Fsp3) is 0.933. The Bertz CT molecular complexity index is 337. The van der Waals surface area contributed by atoms with Crippen molar-refractivity contribution in [2.45, 2.75) is 58.5 Å². The first-order valence-corrected chi connectivity index (χ1v) is 7.45. The van der Waals surface area contributed by atoms with Crippen molar-refractivity contribution in [3.63, 3.8) is 0 Å². The SMILES string of the molecule is CC(C)(C)OC(=O)N1CCCC2(CC1)CC2CCO. The van der Waals surface area contributed by atoms with Gasteiger partial charge in [0.05, 0.1) is 0 Å².